The fourth-order valence-corrected chi connectivity index (χ4v) is 4.85. The average Bonchev–Trinajstić information content (AvgIpc) is 2.75. The van der Waals surface area contributed by atoms with E-state index < -0.39 is 29.4 Å². The first-order chi connectivity index (χ1) is 14.4. The van der Waals surface area contributed by atoms with Crippen LogP contribution in [0.2, 0.25) is 0 Å². The largest absolute Gasteiger partial charge is 0.368 e. The lowest BCUT2D eigenvalue weighted by atomic mass is 9.88. The molecule has 1 atom stereocenters. The van der Waals surface area contributed by atoms with Crippen LogP contribution < -0.4 is 10.2 Å². The molecular formula is C22H27F2N3O3. The van der Waals surface area contributed by atoms with Crippen molar-refractivity contribution in [1.82, 2.24) is 10.2 Å². The molecule has 3 amide bonds. The SMILES string of the molecule is O=C1CCC(c2c(F)cc(N3CCN(C(=O)C4CCCCC4)CC3)cc2F)C(=O)N1. The molecule has 0 bridgehead atoms. The van der Waals surface area contributed by atoms with Crippen molar-refractivity contribution >= 4 is 23.4 Å². The van der Waals surface area contributed by atoms with Gasteiger partial charge in [0.15, 0.2) is 0 Å². The van der Waals surface area contributed by atoms with E-state index >= 15 is 0 Å². The van der Waals surface area contributed by atoms with Crippen LogP contribution in [0, 0.1) is 17.6 Å². The number of piperidine rings is 1. The summed E-state index contributed by atoms with van der Waals surface area (Å²) >= 11 is 0. The zero-order valence-corrected chi connectivity index (χ0v) is 17.0. The van der Waals surface area contributed by atoms with Gasteiger partial charge in [-0.2, -0.15) is 0 Å². The minimum absolute atomic E-state index is 0.0635. The molecule has 1 aliphatic carbocycles. The maximum absolute atomic E-state index is 14.8. The van der Waals surface area contributed by atoms with E-state index in [1.54, 1.807) is 0 Å². The van der Waals surface area contributed by atoms with Crippen molar-refractivity contribution in [2.45, 2.75) is 50.9 Å². The molecule has 3 aliphatic rings. The van der Waals surface area contributed by atoms with Crippen LogP contribution in [-0.4, -0.2) is 48.8 Å². The quantitative estimate of drug-likeness (QED) is 0.765. The standard InChI is InChI=1S/C22H27F2N3O3/c23-17-12-15(13-18(24)20(17)16-6-7-19(28)25-21(16)29)26-8-10-27(11-9-26)22(30)14-4-2-1-3-5-14/h12-14,16H,1-11H2,(H,25,28,29). The molecule has 0 aromatic heterocycles. The molecule has 1 aromatic carbocycles. The maximum atomic E-state index is 14.8. The summed E-state index contributed by atoms with van der Waals surface area (Å²) in [5, 5.41) is 2.14. The normalized spacial score (nSPS) is 23.5. The van der Waals surface area contributed by atoms with E-state index in [1.807, 2.05) is 9.80 Å². The van der Waals surface area contributed by atoms with E-state index in [4.69, 9.17) is 0 Å². The Morgan fingerprint density at radius 1 is 0.933 bits per heavy atom. The zero-order chi connectivity index (χ0) is 21.3. The van der Waals surface area contributed by atoms with Crippen LogP contribution >= 0.6 is 0 Å². The van der Waals surface area contributed by atoms with Crippen LogP contribution in [0.3, 0.4) is 0 Å². The van der Waals surface area contributed by atoms with Gasteiger partial charge in [-0.05, 0) is 31.4 Å². The van der Waals surface area contributed by atoms with Gasteiger partial charge in [0.2, 0.25) is 17.7 Å². The number of halogens is 2. The molecule has 1 N–H and O–H groups in total. The molecule has 8 heteroatoms. The molecule has 30 heavy (non-hydrogen) atoms. The molecule has 162 valence electrons. The Morgan fingerprint density at radius 2 is 1.57 bits per heavy atom. The first-order valence-corrected chi connectivity index (χ1v) is 10.8. The van der Waals surface area contributed by atoms with Gasteiger partial charge in [-0.15, -0.1) is 0 Å². The predicted octanol–water partition coefficient (Wildman–Crippen LogP) is 2.71. The van der Waals surface area contributed by atoms with Crippen LogP contribution in [0.25, 0.3) is 0 Å². The molecule has 2 aliphatic heterocycles. The fourth-order valence-electron chi connectivity index (χ4n) is 4.85. The second-order valence-electron chi connectivity index (χ2n) is 8.47. The summed E-state index contributed by atoms with van der Waals surface area (Å²) in [6.07, 6.45) is 5.48. The zero-order valence-electron chi connectivity index (χ0n) is 17.0. The molecule has 0 spiro atoms. The van der Waals surface area contributed by atoms with Gasteiger partial charge < -0.3 is 9.80 Å². The number of nitrogens with zero attached hydrogens (tertiary/aromatic N) is 2. The number of carbonyl (C=O) groups is 3. The maximum Gasteiger partial charge on any atom is 0.234 e. The number of carbonyl (C=O) groups excluding carboxylic acids is 3. The van der Waals surface area contributed by atoms with E-state index in [1.165, 1.54) is 18.6 Å². The third kappa shape index (κ3) is 4.18. The van der Waals surface area contributed by atoms with Gasteiger partial charge in [-0.25, -0.2) is 8.78 Å². The summed E-state index contributed by atoms with van der Waals surface area (Å²) in [5.74, 6) is -3.31. The Labute approximate surface area is 174 Å². The van der Waals surface area contributed by atoms with Crippen molar-refractivity contribution in [3.63, 3.8) is 0 Å². The number of hydrogen-bond donors (Lipinski definition) is 1. The number of piperazine rings is 1. The molecular weight excluding hydrogens is 392 g/mol. The topological polar surface area (TPSA) is 69.7 Å². The number of benzene rings is 1. The minimum Gasteiger partial charge on any atom is -0.368 e. The Balaban J connectivity index is 1.42. The van der Waals surface area contributed by atoms with E-state index in [9.17, 15) is 23.2 Å². The number of nitrogens with one attached hydrogen (secondary N) is 1. The number of amides is 3. The molecule has 3 fully saturated rings. The molecule has 4 rings (SSSR count). The van der Waals surface area contributed by atoms with Crippen LogP contribution in [0.15, 0.2) is 12.1 Å². The second kappa shape index (κ2) is 8.70. The van der Waals surface area contributed by atoms with Gasteiger partial charge in [-0.1, -0.05) is 19.3 Å². The molecule has 2 saturated heterocycles. The van der Waals surface area contributed by atoms with E-state index in [2.05, 4.69) is 5.32 Å². The van der Waals surface area contributed by atoms with Gasteiger partial charge in [0.25, 0.3) is 0 Å². The summed E-state index contributed by atoms with van der Waals surface area (Å²) in [6.45, 7) is 2.09. The first-order valence-electron chi connectivity index (χ1n) is 10.8. The minimum atomic E-state index is -0.998. The second-order valence-corrected chi connectivity index (χ2v) is 8.47. The highest BCUT2D eigenvalue weighted by atomic mass is 19.1. The monoisotopic (exact) mass is 419 g/mol. The molecule has 2 heterocycles. The van der Waals surface area contributed by atoms with Crippen LogP contribution in [0.5, 0.6) is 0 Å². The number of anilines is 1. The smallest absolute Gasteiger partial charge is 0.234 e. The lowest BCUT2D eigenvalue weighted by Gasteiger charge is -2.38. The first kappa shape index (κ1) is 20.8. The number of imide groups is 1. The van der Waals surface area contributed by atoms with Gasteiger partial charge in [-0.3, -0.25) is 19.7 Å². The van der Waals surface area contributed by atoms with Crippen molar-refractivity contribution < 1.29 is 23.2 Å². The van der Waals surface area contributed by atoms with Crippen molar-refractivity contribution in [1.29, 1.82) is 0 Å². The molecule has 1 unspecified atom stereocenters. The predicted molar refractivity (Wildman–Crippen MR) is 107 cm³/mol. The summed E-state index contributed by atoms with van der Waals surface area (Å²) in [5.41, 5.74) is 0.126. The Morgan fingerprint density at radius 3 is 2.17 bits per heavy atom. The highest BCUT2D eigenvalue weighted by Gasteiger charge is 2.33. The highest BCUT2D eigenvalue weighted by Crippen LogP contribution is 2.33. The van der Waals surface area contributed by atoms with Crippen molar-refractivity contribution in [3.05, 3.63) is 29.3 Å². The van der Waals surface area contributed by atoms with Gasteiger partial charge in [0.05, 0.1) is 5.92 Å². The van der Waals surface area contributed by atoms with Crippen molar-refractivity contribution in [3.8, 4) is 0 Å². The Hall–Kier alpha value is -2.51. The van der Waals surface area contributed by atoms with Gasteiger partial charge >= 0.3 is 0 Å². The molecule has 6 nitrogen and oxygen atoms in total. The van der Waals surface area contributed by atoms with Crippen molar-refractivity contribution in [2.75, 3.05) is 31.1 Å². The molecule has 0 radical (unpaired) electrons. The van der Waals surface area contributed by atoms with Crippen molar-refractivity contribution in [2.24, 2.45) is 5.92 Å². The van der Waals surface area contributed by atoms with Crippen LogP contribution in [-0.2, 0) is 14.4 Å². The Kier molecular flexibility index (Phi) is 6.01. The highest BCUT2D eigenvalue weighted by molar-refractivity contribution is 6.01. The van der Waals surface area contributed by atoms with Crippen LogP contribution in [0.1, 0.15) is 56.4 Å². The third-order valence-corrected chi connectivity index (χ3v) is 6.56. The summed E-state index contributed by atoms with van der Waals surface area (Å²) < 4.78 is 29.5. The van der Waals surface area contributed by atoms with Gasteiger partial charge in [0, 0.05) is 49.8 Å². The van der Waals surface area contributed by atoms with E-state index in [0.29, 0.717) is 31.9 Å². The fraction of sp³-hybridized carbons (Fsp3) is 0.591. The third-order valence-electron chi connectivity index (χ3n) is 6.56. The van der Waals surface area contributed by atoms with Crippen LogP contribution in [0.4, 0.5) is 14.5 Å². The Bertz CT molecular complexity index is 823. The summed E-state index contributed by atoms with van der Waals surface area (Å²) in [6, 6.07) is 2.50. The van der Waals surface area contributed by atoms with E-state index in [-0.39, 0.29) is 30.2 Å². The lowest BCUT2D eigenvalue weighted by Crippen LogP contribution is -2.50. The lowest BCUT2D eigenvalue weighted by molar-refractivity contribution is -0.137. The number of rotatable bonds is 3. The average molecular weight is 419 g/mol. The van der Waals surface area contributed by atoms with Gasteiger partial charge in [0.1, 0.15) is 11.6 Å². The summed E-state index contributed by atoms with van der Waals surface area (Å²) in [7, 11) is 0. The molecule has 1 saturated carbocycles. The van der Waals surface area contributed by atoms with E-state index in [0.717, 1.165) is 25.7 Å². The summed E-state index contributed by atoms with van der Waals surface area (Å²) in [4.78, 5) is 39.8. The molecule has 1 aromatic rings. The number of hydrogen-bond acceptors (Lipinski definition) is 4.